The molecular weight excluding hydrogens is 767 g/mol. The summed E-state index contributed by atoms with van der Waals surface area (Å²) < 4.78 is 0.168. The minimum absolute atomic E-state index is 0.0841. The zero-order valence-corrected chi connectivity index (χ0v) is 36.5. The molecule has 0 nitrogen and oxygen atoms in total. The molecule has 0 aromatic heterocycles. The van der Waals surface area contributed by atoms with E-state index in [0.29, 0.717) is 0 Å². The molecule has 0 aliphatic heterocycles. The fourth-order valence-electron chi connectivity index (χ4n) is 9.99. The Labute approximate surface area is 319 Å². The fourth-order valence-corrected chi connectivity index (χ4v) is 41.5. The first-order valence-corrected chi connectivity index (χ1v) is 35.6. The first-order valence-electron chi connectivity index (χ1n) is 19.3. The third-order valence-electron chi connectivity index (χ3n) is 12.4. The molecule has 263 valence electrons. The molecule has 8 rings (SSSR count). The van der Waals surface area contributed by atoms with Crippen molar-refractivity contribution in [1.29, 1.82) is 0 Å². The van der Waals surface area contributed by atoms with Gasteiger partial charge in [-0.05, 0) is 0 Å². The van der Waals surface area contributed by atoms with Crippen molar-refractivity contribution >= 4 is 56.6 Å². The second kappa shape index (κ2) is 13.7. The predicted molar refractivity (Wildman–Crippen MR) is 230 cm³/mol. The van der Waals surface area contributed by atoms with E-state index >= 15 is 0 Å². The summed E-state index contributed by atoms with van der Waals surface area (Å²) in [7, 11) is 17.7. The van der Waals surface area contributed by atoms with Gasteiger partial charge in [0.2, 0.25) is 0 Å². The van der Waals surface area contributed by atoms with E-state index in [2.05, 4.69) is 162 Å². The van der Waals surface area contributed by atoms with E-state index in [1.807, 2.05) is 0 Å². The van der Waals surface area contributed by atoms with Crippen LogP contribution in [-0.2, 0) is 15.6 Å². The van der Waals surface area contributed by atoms with Crippen molar-refractivity contribution in [1.82, 2.24) is 0 Å². The second-order valence-corrected chi connectivity index (χ2v) is 58.3. The van der Waals surface area contributed by atoms with Crippen LogP contribution in [0.2, 0.25) is 13.1 Å². The maximum absolute atomic E-state index is 8.86. The molecule has 2 aliphatic carbocycles. The van der Waals surface area contributed by atoms with E-state index in [1.54, 1.807) is 0 Å². The summed E-state index contributed by atoms with van der Waals surface area (Å²) in [6.07, 6.45) is 9.23. The standard InChI is InChI=1S/2C23H21.C2H7Si.2ClH.Zr/c2*1-3-7-17-14-19-9-6-11-21(22(19)15-17)23-16(2)12-13-18-8-4-5-10-20(18)23;1-3-2;;;/h2*4-6,8-15H,3,7H2,1-2H3;3H,1-2H3;2*1H;/q;;;;;+2/p-2. The Morgan fingerprint density at radius 2 is 0.962 bits per heavy atom. The second-order valence-electron chi connectivity index (χ2n) is 15.8. The summed E-state index contributed by atoms with van der Waals surface area (Å²) in [5, 5.41) is 5.16. The summed E-state index contributed by atoms with van der Waals surface area (Å²) in [6, 6.07) is 40.7. The van der Waals surface area contributed by atoms with Crippen LogP contribution < -0.4 is 0 Å². The van der Waals surface area contributed by atoms with Gasteiger partial charge >= 0.3 is 322 Å². The molecule has 0 spiro atoms. The van der Waals surface area contributed by atoms with E-state index in [1.165, 1.54) is 88.3 Å². The first kappa shape index (κ1) is 36.0. The number of rotatable bonds is 9. The summed E-state index contributed by atoms with van der Waals surface area (Å²) in [4.78, 5) is 0. The van der Waals surface area contributed by atoms with Gasteiger partial charge in [0.1, 0.15) is 0 Å². The summed E-state index contributed by atoms with van der Waals surface area (Å²) in [5.74, 6) is -1.69. The number of halogens is 2. The van der Waals surface area contributed by atoms with Crippen LogP contribution in [0.1, 0.15) is 80.2 Å². The van der Waals surface area contributed by atoms with Crippen LogP contribution in [0.4, 0.5) is 0 Å². The van der Waals surface area contributed by atoms with Crippen molar-refractivity contribution in [3.05, 3.63) is 154 Å². The van der Waals surface area contributed by atoms with Gasteiger partial charge in [-0.3, -0.25) is 0 Å². The Hall–Kier alpha value is -3.00. The number of allylic oxidation sites excluding steroid dienone is 2. The Morgan fingerprint density at radius 1 is 0.538 bits per heavy atom. The normalized spacial score (nSPS) is 17.6. The SMILES string of the molecule is CCCC1=Cc2c(-c3c(C)ccc4ccccc34)cccc2[CH]1[Zr]([Cl])([Cl])([CH]1C(CCC)=Cc2c(-c3c(C)ccc4ccccc34)cccc21)[SiH](C)C. The van der Waals surface area contributed by atoms with Crippen molar-refractivity contribution in [2.45, 2.75) is 73.7 Å². The minimum atomic E-state index is -4.94. The summed E-state index contributed by atoms with van der Waals surface area (Å²) in [6.45, 7) is 14.1. The third kappa shape index (κ3) is 5.46. The average molecular weight is 816 g/mol. The monoisotopic (exact) mass is 813 g/mol. The molecule has 0 radical (unpaired) electrons. The molecule has 4 heteroatoms. The van der Waals surface area contributed by atoms with E-state index < -0.39 is 21.5 Å². The molecule has 6 aromatic rings. The molecule has 2 unspecified atom stereocenters. The molecule has 6 aromatic carbocycles. The number of fused-ring (bicyclic) bond motifs is 4. The van der Waals surface area contributed by atoms with Gasteiger partial charge in [-0.25, -0.2) is 0 Å². The molecule has 0 fully saturated rings. The van der Waals surface area contributed by atoms with E-state index in [-0.39, 0.29) is 7.25 Å². The average Bonchev–Trinajstić information content (AvgIpc) is 3.72. The number of hydrogen-bond acceptors (Lipinski definition) is 0. The molecule has 2 aliphatic rings. The van der Waals surface area contributed by atoms with E-state index in [4.69, 9.17) is 17.0 Å². The van der Waals surface area contributed by atoms with Crippen molar-refractivity contribution in [2.75, 3.05) is 0 Å². The van der Waals surface area contributed by atoms with Gasteiger partial charge < -0.3 is 0 Å². The van der Waals surface area contributed by atoms with Crippen molar-refractivity contribution in [3.8, 4) is 22.3 Å². The van der Waals surface area contributed by atoms with Gasteiger partial charge in [0.15, 0.2) is 0 Å². The van der Waals surface area contributed by atoms with Gasteiger partial charge in [-0.2, -0.15) is 0 Å². The molecule has 0 saturated heterocycles. The third-order valence-corrected chi connectivity index (χ3v) is 64.2. The molecule has 0 bridgehead atoms. The van der Waals surface area contributed by atoms with Crippen LogP contribution in [0, 0.1) is 13.8 Å². The Kier molecular flexibility index (Phi) is 9.48. The van der Waals surface area contributed by atoms with Gasteiger partial charge in [0, 0.05) is 0 Å². The molecule has 0 N–H and O–H groups in total. The van der Waals surface area contributed by atoms with Crippen LogP contribution in [0.25, 0.3) is 56.0 Å². The van der Waals surface area contributed by atoms with Crippen LogP contribution in [0.3, 0.4) is 0 Å². The van der Waals surface area contributed by atoms with Crippen LogP contribution in [0.15, 0.2) is 120 Å². The van der Waals surface area contributed by atoms with E-state index in [9.17, 15) is 0 Å². The van der Waals surface area contributed by atoms with Gasteiger partial charge in [0.25, 0.3) is 0 Å². The van der Waals surface area contributed by atoms with Crippen LogP contribution in [-0.4, -0.2) is 5.92 Å². The molecule has 52 heavy (non-hydrogen) atoms. The van der Waals surface area contributed by atoms with Crippen molar-refractivity contribution in [2.24, 2.45) is 0 Å². The number of hydrogen-bond donors (Lipinski definition) is 0. The Bertz CT molecular complexity index is 2290. The number of benzene rings is 6. The van der Waals surface area contributed by atoms with E-state index in [0.717, 1.165) is 25.7 Å². The first-order chi connectivity index (χ1) is 25.1. The molecule has 0 saturated carbocycles. The Morgan fingerprint density at radius 3 is 1.37 bits per heavy atom. The quantitative estimate of drug-likeness (QED) is 0.128. The van der Waals surface area contributed by atoms with Gasteiger partial charge in [0.05, 0.1) is 0 Å². The zero-order chi connectivity index (χ0) is 36.4. The van der Waals surface area contributed by atoms with Crippen LogP contribution in [0.5, 0.6) is 0 Å². The summed E-state index contributed by atoms with van der Waals surface area (Å²) >= 11 is -4.94. The molecule has 0 amide bonds. The predicted octanol–water partition coefficient (Wildman–Crippen LogP) is 15.1. The molecular formula is C48H49Cl2SiZr. The topological polar surface area (TPSA) is 0 Å². The fraction of sp³-hybridized carbons (Fsp3) is 0.250. The van der Waals surface area contributed by atoms with Gasteiger partial charge in [-0.15, -0.1) is 0 Å². The van der Waals surface area contributed by atoms with Crippen molar-refractivity contribution < 1.29 is 15.6 Å². The molecule has 2 atom stereocenters. The van der Waals surface area contributed by atoms with Crippen LogP contribution >= 0.6 is 17.0 Å². The number of aryl methyl sites for hydroxylation is 2. The Balaban J connectivity index is 1.38. The molecule has 0 heterocycles. The van der Waals surface area contributed by atoms with Gasteiger partial charge in [-0.1, -0.05) is 0 Å². The van der Waals surface area contributed by atoms with Crippen molar-refractivity contribution in [3.63, 3.8) is 0 Å². The zero-order valence-electron chi connectivity index (χ0n) is 31.4. The maximum atomic E-state index is 8.86. The summed E-state index contributed by atoms with van der Waals surface area (Å²) in [5.41, 5.74) is 16.2.